The molecule has 2 nitrogen and oxygen atoms in total. The second-order valence-electron chi connectivity index (χ2n) is 5.77. The third-order valence-corrected chi connectivity index (χ3v) is 3.75. The lowest BCUT2D eigenvalue weighted by Gasteiger charge is -2.35. The Morgan fingerprint density at radius 3 is 1.86 bits per heavy atom. The van der Waals surface area contributed by atoms with Crippen LogP contribution in [0, 0.1) is 5.82 Å². The molecule has 0 aliphatic heterocycles. The number of ether oxygens (including phenoxy) is 1. The molecule has 0 amide bonds. The van der Waals surface area contributed by atoms with Gasteiger partial charge < -0.3 is 9.84 Å². The van der Waals surface area contributed by atoms with Gasteiger partial charge in [-0.1, -0.05) is 36.4 Å². The number of hydrogen-bond acceptors (Lipinski definition) is 2. The van der Waals surface area contributed by atoms with Gasteiger partial charge in [0.1, 0.15) is 11.6 Å². The van der Waals surface area contributed by atoms with E-state index in [1.807, 2.05) is 0 Å². The minimum atomic E-state index is -6.33. The van der Waals surface area contributed by atoms with Crippen molar-refractivity contribution >= 4 is 6.08 Å². The summed E-state index contributed by atoms with van der Waals surface area (Å²) in [6, 6.07) is 6.37. The molecule has 158 valence electrons. The van der Waals surface area contributed by atoms with E-state index in [1.54, 1.807) is 0 Å². The van der Waals surface area contributed by atoms with Crippen molar-refractivity contribution in [3.05, 3.63) is 71.6 Å². The van der Waals surface area contributed by atoms with E-state index < -0.39 is 41.2 Å². The van der Waals surface area contributed by atoms with Crippen LogP contribution in [0.3, 0.4) is 0 Å². The predicted octanol–water partition coefficient (Wildman–Crippen LogP) is 5.82. The standard InChI is InChI=1S/C18H11F9O2/c19-12-7-5-11(6-8-12)9-10-15(28,16(20,21)17(22,23)24)13-3-1-2-4-14(13)29-18(25,26)27/h1-10,28H/b10-9+. The minimum absolute atomic E-state index is 0.0215. The Bertz CT molecular complexity index is 870. The summed E-state index contributed by atoms with van der Waals surface area (Å²) >= 11 is 0. The number of rotatable bonds is 5. The van der Waals surface area contributed by atoms with Crippen molar-refractivity contribution in [1.29, 1.82) is 0 Å². The maximum atomic E-state index is 14.2. The molecule has 0 fully saturated rings. The second kappa shape index (κ2) is 7.62. The van der Waals surface area contributed by atoms with E-state index in [2.05, 4.69) is 4.74 Å². The number of benzene rings is 2. The Labute approximate surface area is 157 Å². The monoisotopic (exact) mass is 430 g/mol. The van der Waals surface area contributed by atoms with Crippen LogP contribution in [-0.2, 0) is 5.60 Å². The van der Waals surface area contributed by atoms with Crippen molar-refractivity contribution in [2.45, 2.75) is 24.1 Å². The number of aliphatic hydroxyl groups is 1. The third kappa shape index (κ3) is 4.84. The zero-order valence-corrected chi connectivity index (χ0v) is 14.0. The van der Waals surface area contributed by atoms with Gasteiger partial charge in [-0.25, -0.2) is 4.39 Å². The van der Waals surface area contributed by atoms with Crippen LogP contribution in [-0.4, -0.2) is 23.6 Å². The molecule has 0 radical (unpaired) electrons. The molecule has 11 heteroatoms. The van der Waals surface area contributed by atoms with E-state index in [9.17, 15) is 44.6 Å². The molecule has 0 heterocycles. The van der Waals surface area contributed by atoms with Crippen LogP contribution in [0.2, 0.25) is 0 Å². The number of hydrogen-bond donors (Lipinski definition) is 1. The lowest BCUT2D eigenvalue weighted by Crippen LogP contribution is -2.54. The number of para-hydroxylation sites is 1. The lowest BCUT2D eigenvalue weighted by molar-refractivity contribution is -0.335. The second-order valence-corrected chi connectivity index (χ2v) is 5.77. The van der Waals surface area contributed by atoms with Gasteiger partial charge in [-0.3, -0.25) is 0 Å². The smallest absolute Gasteiger partial charge is 0.405 e. The highest BCUT2D eigenvalue weighted by Crippen LogP contribution is 2.51. The molecule has 0 aliphatic rings. The lowest BCUT2D eigenvalue weighted by atomic mass is 9.85. The van der Waals surface area contributed by atoms with Gasteiger partial charge in [0, 0.05) is 5.56 Å². The highest BCUT2D eigenvalue weighted by Gasteiger charge is 2.70. The summed E-state index contributed by atoms with van der Waals surface area (Å²) in [5.41, 5.74) is -5.85. The van der Waals surface area contributed by atoms with Crippen molar-refractivity contribution in [3.8, 4) is 5.75 Å². The first-order valence-corrected chi connectivity index (χ1v) is 7.64. The zero-order chi connectivity index (χ0) is 22.1. The third-order valence-electron chi connectivity index (χ3n) is 3.75. The largest absolute Gasteiger partial charge is 0.573 e. The first-order valence-electron chi connectivity index (χ1n) is 7.64. The SMILES string of the molecule is OC(/C=C/c1ccc(F)cc1)(c1ccccc1OC(F)(F)F)C(F)(F)C(F)(F)F. The molecule has 1 atom stereocenters. The molecule has 0 saturated heterocycles. The van der Waals surface area contributed by atoms with Gasteiger partial charge in [0.2, 0.25) is 0 Å². The van der Waals surface area contributed by atoms with Gasteiger partial charge in [0.25, 0.3) is 0 Å². The maximum absolute atomic E-state index is 14.2. The molecule has 0 saturated carbocycles. The van der Waals surface area contributed by atoms with Gasteiger partial charge in [0.15, 0.2) is 5.60 Å². The number of alkyl halides is 8. The minimum Gasteiger partial charge on any atom is -0.405 e. The van der Waals surface area contributed by atoms with Gasteiger partial charge in [-0.05, 0) is 29.8 Å². The van der Waals surface area contributed by atoms with Crippen LogP contribution >= 0.6 is 0 Å². The van der Waals surface area contributed by atoms with Crippen molar-refractivity contribution in [2.24, 2.45) is 0 Å². The summed E-state index contributed by atoms with van der Waals surface area (Å²) in [6.45, 7) is 0. The van der Waals surface area contributed by atoms with Crippen molar-refractivity contribution < 1.29 is 49.4 Å². The average Bonchev–Trinajstić information content (AvgIpc) is 2.59. The Balaban J connectivity index is 2.68. The van der Waals surface area contributed by atoms with Crippen LogP contribution in [0.5, 0.6) is 5.75 Å². The van der Waals surface area contributed by atoms with E-state index in [0.717, 1.165) is 36.4 Å². The van der Waals surface area contributed by atoms with Crippen LogP contribution in [0.15, 0.2) is 54.6 Å². The summed E-state index contributed by atoms with van der Waals surface area (Å²) in [5, 5.41) is 10.4. The highest BCUT2D eigenvalue weighted by atomic mass is 19.4. The molecule has 2 aromatic rings. The van der Waals surface area contributed by atoms with Crippen LogP contribution in [0.1, 0.15) is 11.1 Å². The predicted molar refractivity (Wildman–Crippen MR) is 83.5 cm³/mol. The zero-order valence-electron chi connectivity index (χ0n) is 14.0. The molecule has 0 aliphatic carbocycles. The van der Waals surface area contributed by atoms with E-state index >= 15 is 0 Å². The summed E-state index contributed by atoms with van der Waals surface area (Å²) in [7, 11) is 0. The Morgan fingerprint density at radius 1 is 0.793 bits per heavy atom. The van der Waals surface area contributed by atoms with Crippen LogP contribution < -0.4 is 4.74 Å². The molecule has 0 spiro atoms. The topological polar surface area (TPSA) is 29.5 Å². The molecule has 2 aromatic carbocycles. The normalized spacial score (nSPS) is 15.4. The molecule has 0 aromatic heterocycles. The summed E-state index contributed by atoms with van der Waals surface area (Å²) in [5.74, 6) is -8.10. The van der Waals surface area contributed by atoms with Crippen LogP contribution in [0.4, 0.5) is 39.5 Å². The van der Waals surface area contributed by atoms with Crippen molar-refractivity contribution in [1.82, 2.24) is 0 Å². The van der Waals surface area contributed by atoms with E-state index in [-0.39, 0.29) is 11.6 Å². The van der Waals surface area contributed by atoms with Gasteiger partial charge >= 0.3 is 18.5 Å². The van der Waals surface area contributed by atoms with Gasteiger partial charge in [-0.2, -0.15) is 22.0 Å². The fraction of sp³-hybridized carbons (Fsp3) is 0.222. The first kappa shape index (κ1) is 22.6. The molecule has 1 N–H and O–H groups in total. The quantitative estimate of drug-likeness (QED) is 0.606. The number of halogens is 9. The molecule has 29 heavy (non-hydrogen) atoms. The molecular formula is C18H11F9O2. The molecule has 2 rings (SSSR count). The van der Waals surface area contributed by atoms with E-state index in [4.69, 9.17) is 0 Å². The van der Waals surface area contributed by atoms with Crippen LogP contribution in [0.25, 0.3) is 6.08 Å². The molecule has 0 bridgehead atoms. The van der Waals surface area contributed by atoms with E-state index in [1.165, 1.54) is 0 Å². The maximum Gasteiger partial charge on any atom is 0.573 e. The van der Waals surface area contributed by atoms with Gasteiger partial charge in [0.05, 0.1) is 0 Å². The Kier molecular flexibility index (Phi) is 5.94. The summed E-state index contributed by atoms with van der Waals surface area (Å²) < 4.78 is 122. The summed E-state index contributed by atoms with van der Waals surface area (Å²) in [4.78, 5) is 0. The first-order chi connectivity index (χ1) is 13.2. The fourth-order valence-electron chi connectivity index (χ4n) is 2.37. The Hall–Kier alpha value is -2.69. The summed E-state index contributed by atoms with van der Waals surface area (Å²) in [6.07, 6.45) is -11.2. The highest BCUT2D eigenvalue weighted by molar-refractivity contribution is 5.54. The molecular weight excluding hydrogens is 419 g/mol. The van der Waals surface area contributed by atoms with Crippen molar-refractivity contribution in [2.75, 3.05) is 0 Å². The Morgan fingerprint density at radius 2 is 1.34 bits per heavy atom. The fourth-order valence-corrected chi connectivity index (χ4v) is 2.37. The average molecular weight is 430 g/mol. The van der Waals surface area contributed by atoms with Crippen molar-refractivity contribution in [3.63, 3.8) is 0 Å². The molecule has 1 unspecified atom stereocenters. The van der Waals surface area contributed by atoms with E-state index in [0.29, 0.717) is 18.2 Å². The van der Waals surface area contributed by atoms with Gasteiger partial charge in [-0.15, -0.1) is 13.2 Å².